The Labute approximate surface area is 189 Å². The first kappa shape index (κ1) is 22.5. The molecule has 170 valence electrons. The van der Waals surface area contributed by atoms with E-state index in [1.54, 1.807) is 7.11 Å². The first-order chi connectivity index (χ1) is 15.7. The molecule has 1 heterocycles. The molecule has 4 rings (SSSR count). The second kappa shape index (κ2) is 10.8. The maximum atomic E-state index is 12.7. The van der Waals surface area contributed by atoms with Crippen molar-refractivity contribution in [2.45, 2.75) is 37.9 Å². The number of aliphatic hydroxyl groups is 1. The molecule has 1 aliphatic heterocycles. The maximum Gasteiger partial charge on any atom is 0.286 e. The summed E-state index contributed by atoms with van der Waals surface area (Å²) in [6.07, 6.45) is 4.40. The molecule has 0 aromatic heterocycles. The molecule has 1 aliphatic carbocycles. The Bertz CT molecular complexity index is 970. The van der Waals surface area contributed by atoms with Crippen LogP contribution in [-0.2, 0) is 25.4 Å². The van der Waals surface area contributed by atoms with Crippen LogP contribution in [0.2, 0.25) is 0 Å². The highest BCUT2D eigenvalue weighted by Gasteiger charge is 2.29. The number of methoxy groups -OCH3 is 1. The number of hydrogen-bond donors (Lipinski definition) is 2. The van der Waals surface area contributed by atoms with E-state index in [0.29, 0.717) is 32.6 Å². The number of rotatable bonds is 10. The number of nitrogens with one attached hydrogen (secondary N) is 1. The van der Waals surface area contributed by atoms with E-state index in [2.05, 4.69) is 47.8 Å². The van der Waals surface area contributed by atoms with Gasteiger partial charge in [-0.25, -0.2) is 0 Å². The minimum absolute atomic E-state index is 0.0174. The predicted molar refractivity (Wildman–Crippen MR) is 122 cm³/mol. The van der Waals surface area contributed by atoms with Gasteiger partial charge in [0.05, 0.1) is 13.2 Å². The molecule has 2 N–H and O–H groups in total. The van der Waals surface area contributed by atoms with Gasteiger partial charge in [0.2, 0.25) is 6.29 Å². The second-order valence-corrected chi connectivity index (χ2v) is 8.22. The number of fused-ring (bicyclic) bond motifs is 3. The molecule has 2 atom stereocenters. The predicted octanol–water partition coefficient (Wildman–Crippen LogP) is 3.52. The molecule has 32 heavy (non-hydrogen) atoms. The van der Waals surface area contributed by atoms with Crippen LogP contribution >= 0.6 is 0 Å². The van der Waals surface area contributed by atoms with Gasteiger partial charge in [0.15, 0.2) is 5.76 Å². The number of hydrogen-bond acceptors (Lipinski definition) is 5. The quantitative estimate of drug-likeness (QED) is 0.475. The van der Waals surface area contributed by atoms with Gasteiger partial charge in [0, 0.05) is 32.6 Å². The molecule has 2 aromatic carbocycles. The number of ether oxygens (including phenoxy) is 3. The third-order valence-electron chi connectivity index (χ3n) is 5.97. The topological polar surface area (TPSA) is 77.0 Å². The van der Waals surface area contributed by atoms with E-state index in [9.17, 15) is 4.79 Å². The van der Waals surface area contributed by atoms with Gasteiger partial charge < -0.3 is 24.6 Å². The van der Waals surface area contributed by atoms with E-state index < -0.39 is 6.29 Å². The van der Waals surface area contributed by atoms with Crippen LogP contribution in [0.3, 0.4) is 0 Å². The van der Waals surface area contributed by atoms with Gasteiger partial charge in [-0.1, -0.05) is 42.5 Å². The molecule has 0 unspecified atom stereocenters. The molecule has 6 nitrogen and oxygen atoms in total. The standard InChI is InChI=1S/C26H31NO5/c1-30-13-10-27-26(29)24-16-20(17-25(32-24)31-12-5-4-11-28)18-8-9-23-21(14-18)15-19-6-2-3-7-22(19)23/h2-3,6-9,14,16,20,25,28H,4-5,10-13,15,17H2,1H3,(H,27,29)/t20-,25+/m1/s1. The zero-order valence-corrected chi connectivity index (χ0v) is 18.5. The summed E-state index contributed by atoms with van der Waals surface area (Å²) in [4.78, 5) is 12.7. The monoisotopic (exact) mass is 437 g/mol. The van der Waals surface area contributed by atoms with Crippen molar-refractivity contribution in [2.75, 3.05) is 33.5 Å². The Hall–Kier alpha value is -2.67. The summed E-state index contributed by atoms with van der Waals surface area (Å²) in [5.41, 5.74) is 6.42. The van der Waals surface area contributed by atoms with Crippen molar-refractivity contribution in [1.82, 2.24) is 5.32 Å². The number of amides is 1. The minimum Gasteiger partial charge on any atom is -0.459 e. The zero-order chi connectivity index (χ0) is 22.3. The number of unbranched alkanes of at least 4 members (excludes halogenated alkanes) is 1. The van der Waals surface area contributed by atoms with Crippen LogP contribution in [0.15, 0.2) is 54.3 Å². The van der Waals surface area contributed by atoms with Crippen LogP contribution in [0.5, 0.6) is 0 Å². The summed E-state index contributed by atoms with van der Waals surface area (Å²) in [5.74, 6) is 0.0429. The molecule has 0 bridgehead atoms. The van der Waals surface area contributed by atoms with E-state index in [1.165, 1.54) is 22.3 Å². The third-order valence-corrected chi connectivity index (χ3v) is 5.97. The van der Waals surface area contributed by atoms with Gasteiger partial charge in [-0.15, -0.1) is 0 Å². The van der Waals surface area contributed by atoms with E-state index in [1.807, 2.05) is 6.08 Å². The molecule has 1 amide bonds. The van der Waals surface area contributed by atoms with E-state index in [4.69, 9.17) is 19.3 Å². The highest BCUT2D eigenvalue weighted by atomic mass is 16.7. The third kappa shape index (κ3) is 5.21. The number of benzene rings is 2. The first-order valence-corrected chi connectivity index (χ1v) is 11.3. The SMILES string of the molecule is COCCNC(=O)C1=C[C@@H](c2ccc3c(c2)Cc2ccccc2-3)C[C@@H](OCCCCO)O1. The average Bonchev–Trinajstić information content (AvgIpc) is 3.19. The molecule has 2 aliphatic rings. The molecule has 0 radical (unpaired) electrons. The average molecular weight is 438 g/mol. The van der Waals surface area contributed by atoms with Crippen molar-refractivity contribution in [3.8, 4) is 11.1 Å². The lowest BCUT2D eigenvalue weighted by atomic mass is 9.90. The van der Waals surface area contributed by atoms with Crippen LogP contribution in [0.1, 0.15) is 41.9 Å². The molecule has 0 spiro atoms. The molecule has 2 aromatic rings. The highest BCUT2D eigenvalue weighted by Crippen LogP contribution is 2.39. The Morgan fingerprint density at radius 1 is 1.12 bits per heavy atom. The van der Waals surface area contributed by atoms with Crippen molar-refractivity contribution in [1.29, 1.82) is 0 Å². The minimum atomic E-state index is -0.502. The lowest BCUT2D eigenvalue weighted by molar-refractivity contribution is -0.146. The molecule has 0 fully saturated rings. The zero-order valence-electron chi connectivity index (χ0n) is 18.5. The Kier molecular flexibility index (Phi) is 7.58. The number of carbonyl (C=O) groups is 1. The van der Waals surface area contributed by atoms with E-state index in [0.717, 1.165) is 18.4 Å². The van der Waals surface area contributed by atoms with Gasteiger partial charge in [0.25, 0.3) is 5.91 Å². The van der Waals surface area contributed by atoms with E-state index in [-0.39, 0.29) is 24.2 Å². The van der Waals surface area contributed by atoms with Gasteiger partial charge in [-0.2, -0.15) is 0 Å². The van der Waals surface area contributed by atoms with Crippen LogP contribution in [0.4, 0.5) is 0 Å². The lowest BCUT2D eigenvalue weighted by Gasteiger charge is -2.29. The summed E-state index contributed by atoms with van der Waals surface area (Å²) in [7, 11) is 1.60. The van der Waals surface area contributed by atoms with Crippen LogP contribution in [-0.4, -0.2) is 50.8 Å². The van der Waals surface area contributed by atoms with Gasteiger partial charge in [-0.3, -0.25) is 4.79 Å². The van der Waals surface area contributed by atoms with Crippen molar-refractivity contribution in [2.24, 2.45) is 0 Å². The fraction of sp³-hybridized carbons (Fsp3) is 0.423. The second-order valence-electron chi connectivity index (χ2n) is 8.22. The summed E-state index contributed by atoms with van der Waals surface area (Å²) in [6, 6.07) is 15.1. The summed E-state index contributed by atoms with van der Waals surface area (Å²) < 4.78 is 16.8. The fourth-order valence-electron chi connectivity index (χ4n) is 4.33. The van der Waals surface area contributed by atoms with E-state index >= 15 is 0 Å². The van der Waals surface area contributed by atoms with Crippen molar-refractivity contribution in [3.63, 3.8) is 0 Å². The van der Waals surface area contributed by atoms with Crippen molar-refractivity contribution < 1.29 is 24.1 Å². The van der Waals surface area contributed by atoms with Crippen LogP contribution < -0.4 is 5.32 Å². The summed E-state index contributed by atoms with van der Waals surface area (Å²) in [5, 5.41) is 11.8. The Morgan fingerprint density at radius 2 is 1.97 bits per heavy atom. The van der Waals surface area contributed by atoms with Crippen LogP contribution in [0.25, 0.3) is 11.1 Å². The number of aliphatic hydroxyl groups excluding tert-OH is 1. The molecular weight excluding hydrogens is 406 g/mol. The largest absolute Gasteiger partial charge is 0.459 e. The number of allylic oxidation sites excluding steroid dienone is 1. The lowest BCUT2D eigenvalue weighted by Crippen LogP contribution is -2.34. The van der Waals surface area contributed by atoms with Gasteiger partial charge >= 0.3 is 0 Å². The number of carbonyl (C=O) groups excluding carboxylic acids is 1. The smallest absolute Gasteiger partial charge is 0.286 e. The van der Waals surface area contributed by atoms with Crippen molar-refractivity contribution in [3.05, 3.63) is 71.0 Å². The highest BCUT2D eigenvalue weighted by molar-refractivity contribution is 5.91. The molecular formula is C26H31NO5. The molecule has 6 heteroatoms. The Morgan fingerprint density at radius 3 is 2.81 bits per heavy atom. The first-order valence-electron chi connectivity index (χ1n) is 11.3. The normalized spacial score (nSPS) is 19.0. The molecule has 0 saturated carbocycles. The van der Waals surface area contributed by atoms with Crippen LogP contribution in [0, 0.1) is 0 Å². The van der Waals surface area contributed by atoms with Gasteiger partial charge in [-0.05, 0) is 53.2 Å². The fourth-order valence-corrected chi connectivity index (χ4v) is 4.33. The summed E-state index contributed by atoms with van der Waals surface area (Å²) in [6.45, 7) is 1.48. The Balaban J connectivity index is 1.53. The molecule has 0 saturated heterocycles. The maximum absolute atomic E-state index is 12.7. The van der Waals surface area contributed by atoms with Gasteiger partial charge in [0.1, 0.15) is 0 Å². The summed E-state index contributed by atoms with van der Waals surface area (Å²) >= 11 is 0. The van der Waals surface area contributed by atoms with Crippen molar-refractivity contribution >= 4 is 5.91 Å².